The molecule has 0 bridgehead atoms. The minimum absolute atomic E-state index is 0.324. The summed E-state index contributed by atoms with van der Waals surface area (Å²) in [6.07, 6.45) is 0.996. The molecule has 0 saturated carbocycles. The summed E-state index contributed by atoms with van der Waals surface area (Å²) in [6, 6.07) is 2.35. The van der Waals surface area contributed by atoms with E-state index < -0.39 is 23.6 Å². The van der Waals surface area contributed by atoms with E-state index in [9.17, 15) is 13.6 Å². The molecular formula is C11H11F2NO2. The fraction of sp³-hybridized carbons (Fsp3) is 0.364. The second-order valence-electron chi connectivity index (χ2n) is 3.85. The number of carboxylic acid groups (broad SMARTS) is 1. The third-order valence-electron chi connectivity index (χ3n) is 2.78. The zero-order chi connectivity index (χ0) is 11.7. The molecule has 0 spiro atoms. The van der Waals surface area contributed by atoms with Crippen LogP contribution in [0, 0.1) is 11.6 Å². The van der Waals surface area contributed by atoms with E-state index in [2.05, 4.69) is 5.32 Å². The number of nitrogens with one attached hydrogen (secondary N) is 1. The second-order valence-corrected chi connectivity index (χ2v) is 3.85. The van der Waals surface area contributed by atoms with Crippen molar-refractivity contribution < 1.29 is 18.7 Å². The van der Waals surface area contributed by atoms with Gasteiger partial charge in [-0.25, -0.2) is 8.78 Å². The molecule has 1 aliphatic rings. The summed E-state index contributed by atoms with van der Waals surface area (Å²) in [5.74, 6) is -2.21. The minimum Gasteiger partial charge on any atom is -0.480 e. The van der Waals surface area contributed by atoms with Crippen molar-refractivity contribution in [2.45, 2.75) is 24.9 Å². The van der Waals surface area contributed by atoms with E-state index in [1.807, 2.05) is 0 Å². The SMILES string of the molecule is O=C(O)[C@@H]1CC[C@H](c2ccc(F)cc2F)N1. The van der Waals surface area contributed by atoms with Crippen molar-refractivity contribution in [2.75, 3.05) is 0 Å². The minimum atomic E-state index is -0.940. The number of hydrogen-bond donors (Lipinski definition) is 2. The van der Waals surface area contributed by atoms with E-state index in [0.717, 1.165) is 6.07 Å². The third kappa shape index (κ3) is 2.04. The molecule has 2 atom stereocenters. The lowest BCUT2D eigenvalue weighted by Gasteiger charge is -2.13. The monoisotopic (exact) mass is 227 g/mol. The van der Waals surface area contributed by atoms with E-state index >= 15 is 0 Å². The smallest absolute Gasteiger partial charge is 0.320 e. The molecule has 86 valence electrons. The molecule has 0 aromatic heterocycles. The van der Waals surface area contributed by atoms with Crippen LogP contribution < -0.4 is 5.32 Å². The largest absolute Gasteiger partial charge is 0.480 e. The van der Waals surface area contributed by atoms with Gasteiger partial charge < -0.3 is 5.11 Å². The molecule has 1 fully saturated rings. The van der Waals surface area contributed by atoms with Gasteiger partial charge >= 0.3 is 5.97 Å². The Morgan fingerprint density at radius 2 is 2.12 bits per heavy atom. The van der Waals surface area contributed by atoms with Crippen LogP contribution >= 0.6 is 0 Å². The van der Waals surface area contributed by atoms with E-state index in [4.69, 9.17) is 5.11 Å². The van der Waals surface area contributed by atoms with Crippen LogP contribution in [-0.4, -0.2) is 17.1 Å². The highest BCUT2D eigenvalue weighted by molar-refractivity contribution is 5.73. The van der Waals surface area contributed by atoms with Crippen LogP contribution in [0.25, 0.3) is 0 Å². The Morgan fingerprint density at radius 3 is 2.69 bits per heavy atom. The first-order chi connectivity index (χ1) is 7.58. The predicted molar refractivity (Wildman–Crippen MR) is 52.9 cm³/mol. The molecule has 16 heavy (non-hydrogen) atoms. The molecule has 0 unspecified atom stereocenters. The zero-order valence-corrected chi connectivity index (χ0v) is 8.41. The summed E-state index contributed by atoms with van der Waals surface area (Å²) in [6.45, 7) is 0. The van der Waals surface area contributed by atoms with Crippen molar-refractivity contribution in [3.05, 3.63) is 35.4 Å². The Hall–Kier alpha value is -1.49. The Morgan fingerprint density at radius 1 is 1.38 bits per heavy atom. The van der Waals surface area contributed by atoms with Crippen LogP contribution in [0.15, 0.2) is 18.2 Å². The lowest BCUT2D eigenvalue weighted by Crippen LogP contribution is -2.32. The summed E-state index contributed by atoms with van der Waals surface area (Å²) in [5, 5.41) is 11.6. The Bertz CT molecular complexity index is 422. The fourth-order valence-corrected chi connectivity index (χ4v) is 1.97. The normalized spacial score (nSPS) is 24.6. The van der Waals surface area contributed by atoms with Crippen LogP contribution in [-0.2, 0) is 4.79 Å². The summed E-state index contributed by atoms with van der Waals surface area (Å²) in [4.78, 5) is 10.7. The fourth-order valence-electron chi connectivity index (χ4n) is 1.97. The molecule has 1 aromatic carbocycles. The molecule has 2 rings (SSSR count). The Balaban J connectivity index is 2.17. The van der Waals surface area contributed by atoms with Gasteiger partial charge in [0.15, 0.2) is 0 Å². The first kappa shape index (κ1) is 11.0. The average Bonchev–Trinajstić information content (AvgIpc) is 2.66. The second kappa shape index (κ2) is 4.17. The topological polar surface area (TPSA) is 49.3 Å². The van der Waals surface area contributed by atoms with E-state index in [0.29, 0.717) is 18.4 Å². The molecule has 1 aromatic rings. The van der Waals surface area contributed by atoms with Crippen LogP contribution in [0.2, 0.25) is 0 Å². The lowest BCUT2D eigenvalue weighted by molar-refractivity contribution is -0.139. The Kier molecular flexibility index (Phi) is 2.87. The first-order valence-corrected chi connectivity index (χ1v) is 5.01. The van der Waals surface area contributed by atoms with Crippen molar-refractivity contribution in [3.63, 3.8) is 0 Å². The van der Waals surface area contributed by atoms with Gasteiger partial charge in [-0.2, -0.15) is 0 Å². The van der Waals surface area contributed by atoms with Gasteiger partial charge in [-0.05, 0) is 18.9 Å². The van der Waals surface area contributed by atoms with Crippen LogP contribution in [0.1, 0.15) is 24.4 Å². The first-order valence-electron chi connectivity index (χ1n) is 5.01. The van der Waals surface area contributed by atoms with Crippen molar-refractivity contribution in [1.82, 2.24) is 5.32 Å². The summed E-state index contributed by atoms with van der Waals surface area (Å²) < 4.78 is 26.1. The highest BCUT2D eigenvalue weighted by atomic mass is 19.1. The predicted octanol–water partition coefficient (Wildman–Crippen LogP) is 1.84. The standard InChI is InChI=1S/C11H11F2NO2/c12-6-1-2-7(8(13)5-6)9-3-4-10(14-9)11(15)16/h1-2,5,9-10,14H,3-4H2,(H,15,16)/t9-,10+/m1/s1. The molecule has 0 aliphatic carbocycles. The van der Waals surface area contributed by atoms with Crippen LogP contribution in [0.4, 0.5) is 8.78 Å². The molecule has 2 N–H and O–H groups in total. The van der Waals surface area contributed by atoms with E-state index in [1.165, 1.54) is 12.1 Å². The van der Waals surface area contributed by atoms with Crippen LogP contribution in [0.5, 0.6) is 0 Å². The van der Waals surface area contributed by atoms with Gasteiger partial charge in [-0.1, -0.05) is 6.07 Å². The lowest BCUT2D eigenvalue weighted by atomic mass is 10.0. The average molecular weight is 227 g/mol. The highest BCUT2D eigenvalue weighted by Gasteiger charge is 2.30. The van der Waals surface area contributed by atoms with Gasteiger partial charge in [0, 0.05) is 17.7 Å². The summed E-state index contributed by atoms with van der Waals surface area (Å²) in [7, 11) is 0. The molecular weight excluding hydrogens is 216 g/mol. The zero-order valence-electron chi connectivity index (χ0n) is 8.41. The molecule has 1 aliphatic heterocycles. The maximum Gasteiger partial charge on any atom is 0.320 e. The van der Waals surface area contributed by atoms with Gasteiger partial charge in [-0.3, -0.25) is 10.1 Å². The molecule has 1 heterocycles. The van der Waals surface area contributed by atoms with Gasteiger partial charge in [0.2, 0.25) is 0 Å². The maximum atomic E-state index is 13.4. The molecule has 3 nitrogen and oxygen atoms in total. The molecule has 1 saturated heterocycles. The Labute approximate surface area is 91.1 Å². The van der Waals surface area contributed by atoms with Crippen LogP contribution in [0.3, 0.4) is 0 Å². The van der Waals surface area contributed by atoms with Crippen molar-refractivity contribution >= 4 is 5.97 Å². The number of rotatable bonds is 2. The van der Waals surface area contributed by atoms with Gasteiger partial charge in [-0.15, -0.1) is 0 Å². The van der Waals surface area contributed by atoms with Gasteiger partial charge in [0.05, 0.1) is 0 Å². The van der Waals surface area contributed by atoms with E-state index in [1.54, 1.807) is 0 Å². The summed E-state index contributed by atoms with van der Waals surface area (Å²) >= 11 is 0. The number of carboxylic acids is 1. The molecule has 0 amide bonds. The van der Waals surface area contributed by atoms with E-state index in [-0.39, 0.29) is 6.04 Å². The van der Waals surface area contributed by atoms with Gasteiger partial charge in [0.1, 0.15) is 17.7 Å². The van der Waals surface area contributed by atoms with Gasteiger partial charge in [0.25, 0.3) is 0 Å². The number of carbonyl (C=O) groups is 1. The quantitative estimate of drug-likeness (QED) is 0.810. The number of hydrogen-bond acceptors (Lipinski definition) is 2. The molecule has 5 heteroatoms. The van der Waals surface area contributed by atoms with Crippen molar-refractivity contribution in [1.29, 1.82) is 0 Å². The highest BCUT2D eigenvalue weighted by Crippen LogP contribution is 2.28. The summed E-state index contributed by atoms with van der Waals surface area (Å²) in [5.41, 5.74) is 0.324. The molecule has 0 radical (unpaired) electrons. The third-order valence-corrected chi connectivity index (χ3v) is 2.78. The van der Waals surface area contributed by atoms with Crippen molar-refractivity contribution in [3.8, 4) is 0 Å². The number of benzene rings is 1. The van der Waals surface area contributed by atoms with Crippen molar-refractivity contribution in [2.24, 2.45) is 0 Å². The number of aliphatic carboxylic acids is 1. The maximum absolute atomic E-state index is 13.4. The number of halogens is 2.